The summed E-state index contributed by atoms with van der Waals surface area (Å²) in [5, 5.41) is 25.7. The van der Waals surface area contributed by atoms with Crippen LogP contribution in [0.15, 0.2) is 71.7 Å². The van der Waals surface area contributed by atoms with Gasteiger partial charge in [-0.15, -0.1) is 0 Å². The molecule has 0 fully saturated rings. The molecule has 1 heterocycles. The van der Waals surface area contributed by atoms with E-state index < -0.39 is 15.4 Å². The Bertz CT molecular complexity index is 1200. The maximum absolute atomic E-state index is 11.1. The van der Waals surface area contributed by atoms with E-state index in [-0.39, 0.29) is 11.4 Å². The first-order valence-electron chi connectivity index (χ1n) is 9.71. The summed E-state index contributed by atoms with van der Waals surface area (Å²) in [6.07, 6.45) is 0.482. The second-order valence-electron chi connectivity index (χ2n) is 7.82. The molecule has 3 aromatic rings. The van der Waals surface area contributed by atoms with E-state index in [9.17, 15) is 20.2 Å². The third-order valence-electron chi connectivity index (χ3n) is 5.47. The maximum Gasteiger partial charge on any atom is 0.269 e. The molecule has 0 saturated carbocycles. The fourth-order valence-electron chi connectivity index (χ4n) is 3.78. The third kappa shape index (κ3) is 4.00. The molecule has 1 atom stereocenters. The van der Waals surface area contributed by atoms with Crippen molar-refractivity contribution in [1.82, 2.24) is 0 Å². The van der Waals surface area contributed by atoms with E-state index in [4.69, 9.17) is 4.99 Å². The second-order valence-corrected chi connectivity index (χ2v) is 7.82. The number of aryl methyl sites for hydroxylation is 1. The minimum Gasteiger partial charge on any atom is -0.374 e. The summed E-state index contributed by atoms with van der Waals surface area (Å²) < 4.78 is 0. The first kappa shape index (κ1) is 20.2. The van der Waals surface area contributed by atoms with Crippen molar-refractivity contribution < 1.29 is 9.85 Å². The summed E-state index contributed by atoms with van der Waals surface area (Å²) in [5.74, 6) is 0. The van der Waals surface area contributed by atoms with E-state index in [0.29, 0.717) is 6.42 Å². The molecule has 1 aliphatic rings. The number of benzene rings is 3. The van der Waals surface area contributed by atoms with Gasteiger partial charge >= 0.3 is 0 Å². The van der Waals surface area contributed by atoms with Gasteiger partial charge in [-0.2, -0.15) is 0 Å². The number of non-ortho nitro benzene ring substituents is 2. The zero-order valence-corrected chi connectivity index (χ0v) is 17.0. The normalized spacial score (nSPS) is 17.7. The Labute approximate surface area is 178 Å². The molecule has 0 spiro atoms. The van der Waals surface area contributed by atoms with Crippen molar-refractivity contribution in [3.63, 3.8) is 0 Å². The summed E-state index contributed by atoms with van der Waals surface area (Å²) in [7, 11) is 0. The van der Waals surface area contributed by atoms with E-state index in [0.717, 1.165) is 33.8 Å². The van der Waals surface area contributed by atoms with Gasteiger partial charge in [0.1, 0.15) is 0 Å². The van der Waals surface area contributed by atoms with Gasteiger partial charge in [-0.1, -0.05) is 6.07 Å². The van der Waals surface area contributed by atoms with Gasteiger partial charge in [0, 0.05) is 30.7 Å². The van der Waals surface area contributed by atoms with Crippen LogP contribution >= 0.6 is 0 Å². The molecule has 1 aliphatic heterocycles. The lowest BCUT2D eigenvalue weighted by Crippen LogP contribution is -2.33. The van der Waals surface area contributed by atoms with Gasteiger partial charge in [0.2, 0.25) is 0 Å². The number of hydrogen-bond donors (Lipinski definition) is 1. The van der Waals surface area contributed by atoms with Crippen LogP contribution < -0.4 is 5.32 Å². The van der Waals surface area contributed by atoms with Crippen molar-refractivity contribution in [3.8, 4) is 0 Å². The first-order chi connectivity index (χ1) is 14.7. The van der Waals surface area contributed by atoms with Crippen molar-refractivity contribution in [1.29, 1.82) is 0 Å². The molecule has 0 bridgehead atoms. The highest BCUT2D eigenvalue weighted by molar-refractivity contribution is 6.04. The quantitative estimate of drug-likeness (QED) is 0.435. The molecule has 8 heteroatoms. The van der Waals surface area contributed by atoms with Gasteiger partial charge in [-0.05, 0) is 66.9 Å². The van der Waals surface area contributed by atoms with Crippen LogP contribution in [0.4, 0.5) is 22.7 Å². The average Bonchev–Trinajstić information content (AvgIpc) is 2.90. The number of fused-ring (bicyclic) bond motifs is 1. The minimum absolute atomic E-state index is 0.0188. The number of rotatable bonds is 4. The van der Waals surface area contributed by atoms with Crippen molar-refractivity contribution in [3.05, 3.63) is 104 Å². The Morgan fingerprint density at radius 2 is 1.48 bits per heavy atom. The van der Waals surface area contributed by atoms with E-state index in [1.807, 2.05) is 32.0 Å². The number of aliphatic imine (C=N–C) groups is 1. The Kier molecular flexibility index (Phi) is 4.98. The van der Waals surface area contributed by atoms with Crippen LogP contribution in [-0.2, 0) is 5.54 Å². The largest absolute Gasteiger partial charge is 0.374 e. The molecule has 31 heavy (non-hydrogen) atoms. The molecule has 0 saturated heterocycles. The molecule has 156 valence electrons. The standard InChI is InChI=1S/C23H20N4O4/c1-15-3-12-20-21(13-15)25-23(2,17-6-10-19(11-7-17)27(30)31)14-22(24-20)16-4-8-18(9-5-16)26(28)29/h3-13,25H,14H2,1-2H3. The molecule has 0 radical (unpaired) electrons. The van der Waals surface area contributed by atoms with Crippen molar-refractivity contribution >= 4 is 28.5 Å². The zero-order chi connectivity index (χ0) is 22.2. The molecule has 1 unspecified atom stereocenters. The van der Waals surface area contributed by atoms with Crippen LogP contribution in [0.2, 0.25) is 0 Å². The summed E-state index contributed by atoms with van der Waals surface area (Å²) in [6.45, 7) is 4.02. The number of anilines is 1. The van der Waals surface area contributed by atoms with Crippen molar-refractivity contribution in [2.45, 2.75) is 25.8 Å². The summed E-state index contributed by atoms with van der Waals surface area (Å²) >= 11 is 0. The number of nitro benzene ring substituents is 2. The third-order valence-corrected chi connectivity index (χ3v) is 5.47. The Balaban J connectivity index is 1.82. The molecular formula is C23H20N4O4. The van der Waals surface area contributed by atoms with Gasteiger partial charge in [0.25, 0.3) is 11.4 Å². The predicted octanol–water partition coefficient (Wildman–Crippen LogP) is 5.66. The van der Waals surface area contributed by atoms with E-state index in [1.165, 1.54) is 24.3 Å². The Morgan fingerprint density at radius 1 is 0.903 bits per heavy atom. The lowest BCUT2D eigenvalue weighted by atomic mass is 9.84. The van der Waals surface area contributed by atoms with Gasteiger partial charge in [0.05, 0.1) is 32.5 Å². The fraction of sp³-hybridized carbons (Fsp3) is 0.174. The van der Waals surface area contributed by atoms with Gasteiger partial charge < -0.3 is 5.32 Å². The summed E-state index contributed by atoms with van der Waals surface area (Å²) in [6, 6.07) is 18.8. The van der Waals surface area contributed by atoms with E-state index in [2.05, 4.69) is 5.32 Å². The van der Waals surface area contributed by atoms with Crippen LogP contribution in [0.1, 0.15) is 30.0 Å². The topological polar surface area (TPSA) is 111 Å². The van der Waals surface area contributed by atoms with Gasteiger partial charge in [-0.25, -0.2) is 0 Å². The number of nitrogens with zero attached hydrogens (tertiary/aromatic N) is 3. The van der Waals surface area contributed by atoms with E-state index in [1.54, 1.807) is 24.3 Å². The lowest BCUT2D eigenvalue weighted by molar-refractivity contribution is -0.385. The SMILES string of the molecule is Cc1ccc2c(c1)NC(C)(c1ccc([N+](=O)[O-])cc1)CC(c1ccc([N+](=O)[O-])cc1)=N2. The van der Waals surface area contributed by atoms with Crippen LogP contribution in [-0.4, -0.2) is 15.6 Å². The van der Waals surface area contributed by atoms with Crippen LogP contribution in [0.3, 0.4) is 0 Å². The molecule has 0 aromatic heterocycles. The molecule has 4 rings (SSSR count). The average molecular weight is 416 g/mol. The van der Waals surface area contributed by atoms with Crippen LogP contribution in [0.5, 0.6) is 0 Å². The van der Waals surface area contributed by atoms with Crippen LogP contribution in [0.25, 0.3) is 0 Å². The second kappa shape index (κ2) is 7.64. The number of hydrogen-bond acceptors (Lipinski definition) is 6. The smallest absolute Gasteiger partial charge is 0.269 e. The molecule has 1 N–H and O–H groups in total. The monoisotopic (exact) mass is 416 g/mol. The molecular weight excluding hydrogens is 396 g/mol. The highest BCUT2D eigenvalue weighted by Gasteiger charge is 2.32. The maximum atomic E-state index is 11.1. The van der Waals surface area contributed by atoms with E-state index >= 15 is 0 Å². The Morgan fingerprint density at radius 3 is 2.06 bits per heavy atom. The fourth-order valence-corrected chi connectivity index (χ4v) is 3.78. The lowest BCUT2D eigenvalue weighted by Gasteiger charge is -2.32. The minimum atomic E-state index is -0.602. The molecule has 0 amide bonds. The predicted molar refractivity (Wildman–Crippen MR) is 119 cm³/mol. The highest BCUT2D eigenvalue weighted by atomic mass is 16.6. The van der Waals surface area contributed by atoms with Crippen LogP contribution in [0, 0.1) is 27.2 Å². The molecule has 8 nitrogen and oxygen atoms in total. The molecule has 0 aliphatic carbocycles. The van der Waals surface area contributed by atoms with Gasteiger partial charge in [0.15, 0.2) is 0 Å². The number of nitrogens with one attached hydrogen (secondary N) is 1. The zero-order valence-electron chi connectivity index (χ0n) is 17.0. The van der Waals surface area contributed by atoms with Gasteiger partial charge in [-0.3, -0.25) is 25.2 Å². The first-order valence-corrected chi connectivity index (χ1v) is 9.71. The number of nitro groups is 2. The van der Waals surface area contributed by atoms with Crippen molar-refractivity contribution in [2.24, 2.45) is 4.99 Å². The molecule has 3 aromatic carbocycles. The summed E-state index contributed by atoms with van der Waals surface area (Å²) in [5.41, 5.74) is 4.58. The van der Waals surface area contributed by atoms with Crippen molar-refractivity contribution in [2.75, 3.05) is 5.32 Å². The Hall–Kier alpha value is -4.07. The summed E-state index contributed by atoms with van der Waals surface area (Å²) in [4.78, 5) is 26.1. The highest BCUT2D eigenvalue weighted by Crippen LogP contribution is 2.40.